The lowest BCUT2D eigenvalue weighted by atomic mass is 10.3. The maximum atomic E-state index is 13.4. The molecule has 0 unspecified atom stereocenters. The number of pyridine rings is 2. The van der Waals surface area contributed by atoms with E-state index in [9.17, 15) is 17.6 Å². The van der Waals surface area contributed by atoms with Crippen molar-refractivity contribution in [3.8, 4) is 5.69 Å². The summed E-state index contributed by atoms with van der Waals surface area (Å²) in [7, 11) is 0. The molecule has 0 aliphatic heterocycles. The van der Waals surface area contributed by atoms with Crippen LogP contribution >= 0.6 is 0 Å². The summed E-state index contributed by atoms with van der Waals surface area (Å²) < 4.78 is 53.5. The number of hydrogen-bond acceptors (Lipinski definition) is 3. The van der Waals surface area contributed by atoms with Crippen LogP contribution in [0.4, 0.5) is 28.9 Å². The Morgan fingerprint density at radius 1 is 0.947 bits per heavy atom. The summed E-state index contributed by atoms with van der Waals surface area (Å²) in [6.07, 6.45) is 2.15. The molecule has 0 radical (unpaired) electrons. The van der Waals surface area contributed by atoms with Gasteiger partial charge in [-0.15, -0.1) is 0 Å². The molecule has 0 aromatic carbocycles. The van der Waals surface area contributed by atoms with E-state index in [1.165, 1.54) is 6.07 Å². The predicted molar refractivity (Wildman–Crippen MR) is 54.4 cm³/mol. The number of hydrogen-bond donors (Lipinski definition) is 2. The molecule has 0 spiro atoms. The van der Waals surface area contributed by atoms with E-state index in [0.717, 1.165) is 17.0 Å². The highest BCUT2D eigenvalue weighted by atomic mass is 19.2. The van der Waals surface area contributed by atoms with Gasteiger partial charge in [0, 0.05) is 6.07 Å². The zero-order chi connectivity index (χ0) is 13.4. The average Bonchev–Trinajstić information content (AvgIpc) is 2.31. The number of aromatic nitrogens is 2. The molecule has 9 heteroatoms. The molecule has 2 aromatic heterocycles. The average molecular weight is 278 g/mol. The summed E-state index contributed by atoms with van der Waals surface area (Å²) in [5.74, 6) is -6.73. The molecule has 0 bridgehead atoms. The first-order valence-electron chi connectivity index (χ1n) is 4.68. The van der Waals surface area contributed by atoms with Crippen molar-refractivity contribution in [1.29, 1.82) is 0 Å². The van der Waals surface area contributed by atoms with Gasteiger partial charge in [-0.25, -0.2) is 0 Å². The summed E-state index contributed by atoms with van der Waals surface area (Å²) >= 11 is 0. The zero-order valence-corrected chi connectivity index (χ0v) is 9.17. The van der Waals surface area contributed by atoms with E-state index < -0.39 is 29.2 Å². The van der Waals surface area contributed by atoms with Crippen LogP contribution in [0.5, 0.6) is 0 Å². The quantitative estimate of drug-likeness (QED) is 0.363. The van der Waals surface area contributed by atoms with E-state index >= 15 is 0 Å². The van der Waals surface area contributed by atoms with Crippen molar-refractivity contribution in [1.82, 2.24) is 4.98 Å². The fourth-order valence-corrected chi connectivity index (χ4v) is 1.37. The first-order chi connectivity index (χ1) is 8.41. The standard InChI is InChI=1S/C10H6F4N4.FH/c11-6-8(7(12)10(14)17-9(6)13)18-2-1-4(15)5(16)3-18;/h1-3,15H,16H2;1H. The Labute approximate surface area is 103 Å². The van der Waals surface area contributed by atoms with Crippen LogP contribution in [-0.2, 0) is 0 Å². The van der Waals surface area contributed by atoms with Crippen LogP contribution in [0.25, 0.3) is 5.69 Å². The Morgan fingerprint density at radius 2 is 1.47 bits per heavy atom. The van der Waals surface area contributed by atoms with Crippen molar-refractivity contribution in [2.24, 2.45) is 0 Å². The van der Waals surface area contributed by atoms with E-state index in [4.69, 9.17) is 11.5 Å². The van der Waals surface area contributed by atoms with Crippen molar-refractivity contribution in [2.75, 3.05) is 11.5 Å². The smallest absolute Gasteiger partial charge is 0.292 e. The monoisotopic (exact) mass is 278 g/mol. The second-order valence-corrected chi connectivity index (χ2v) is 3.43. The number of nitrogens with zero attached hydrogens (tertiary/aromatic N) is 2. The molecule has 0 saturated carbocycles. The second kappa shape index (κ2) is 5.04. The summed E-state index contributed by atoms with van der Waals surface area (Å²) in [6.45, 7) is 0. The van der Waals surface area contributed by atoms with E-state index in [1.807, 2.05) is 0 Å². The van der Waals surface area contributed by atoms with Gasteiger partial charge in [-0.2, -0.15) is 27.1 Å². The molecule has 2 rings (SSSR count). The minimum atomic E-state index is -1.74. The van der Waals surface area contributed by atoms with Gasteiger partial charge in [-0.05, 0) is 0 Å². The molecule has 0 amide bonds. The van der Waals surface area contributed by atoms with Gasteiger partial charge in [0.15, 0.2) is 12.4 Å². The SMILES string of the molecule is Nc1cc[n+](-c2c(F)c(F)nc(F)c2F)cc1N.[F-]. The van der Waals surface area contributed by atoms with Gasteiger partial charge in [-0.1, -0.05) is 0 Å². The highest BCUT2D eigenvalue weighted by molar-refractivity contribution is 5.59. The largest absolute Gasteiger partial charge is 1.00 e. The number of rotatable bonds is 1. The number of nitrogen functional groups attached to an aromatic ring is 2. The summed E-state index contributed by atoms with van der Waals surface area (Å²) in [5.41, 5.74) is 10.1. The predicted octanol–water partition coefficient (Wildman–Crippen LogP) is -1.92. The van der Waals surface area contributed by atoms with Crippen LogP contribution in [0.1, 0.15) is 0 Å². The van der Waals surface area contributed by atoms with Crippen molar-refractivity contribution in [3.05, 3.63) is 42.0 Å². The highest BCUT2D eigenvalue weighted by Crippen LogP contribution is 2.18. The van der Waals surface area contributed by atoms with Gasteiger partial charge >= 0.3 is 0 Å². The minimum Gasteiger partial charge on any atom is -1.00 e. The van der Waals surface area contributed by atoms with Gasteiger partial charge in [0.05, 0.1) is 5.69 Å². The fourth-order valence-electron chi connectivity index (χ4n) is 1.37. The Kier molecular flexibility index (Phi) is 3.88. The lowest BCUT2D eigenvalue weighted by Gasteiger charge is -2.02. The fraction of sp³-hybridized carbons (Fsp3) is 0. The first kappa shape index (κ1) is 14.6. The molecule has 4 nitrogen and oxygen atoms in total. The minimum absolute atomic E-state index is 0. The number of nitrogens with two attached hydrogens (primary N) is 2. The van der Waals surface area contributed by atoms with Crippen molar-refractivity contribution < 1.29 is 26.8 Å². The van der Waals surface area contributed by atoms with Crippen LogP contribution < -0.4 is 20.7 Å². The third-order valence-electron chi connectivity index (χ3n) is 2.26. The van der Waals surface area contributed by atoms with Gasteiger partial charge in [-0.3, -0.25) is 0 Å². The Hall–Kier alpha value is -2.45. The number of anilines is 2. The molecule has 4 N–H and O–H groups in total. The Balaban J connectivity index is 0.00000180. The number of halogens is 5. The van der Waals surface area contributed by atoms with Crippen LogP contribution in [0.3, 0.4) is 0 Å². The molecule has 19 heavy (non-hydrogen) atoms. The van der Waals surface area contributed by atoms with Crippen LogP contribution in [0.15, 0.2) is 18.5 Å². The van der Waals surface area contributed by atoms with Gasteiger partial charge in [0.1, 0.15) is 5.69 Å². The van der Waals surface area contributed by atoms with Crippen molar-refractivity contribution >= 4 is 11.4 Å². The van der Waals surface area contributed by atoms with Crippen molar-refractivity contribution in [3.63, 3.8) is 0 Å². The summed E-state index contributed by atoms with van der Waals surface area (Å²) in [4.78, 5) is 2.45. The summed E-state index contributed by atoms with van der Waals surface area (Å²) in [5, 5.41) is 0. The van der Waals surface area contributed by atoms with Crippen molar-refractivity contribution in [2.45, 2.75) is 0 Å². The van der Waals surface area contributed by atoms with Crippen LogP contribution in [0.2, 0.25) is 0 Å². The Bertz CT molecular complexity index is 606. The molecule has 0 fully saturated rings. The van der Waals surface area contributed by atoms with Gasteiger partial charge in [0.2, 0.25) is 0 Å². The molecule has 0 aliphatic rings. The third-order valence-corrected chi connectivity index (χ3v) is 2.26. The molecule has 0 saturated heterocycles. The van der Waals surface area contributed by atoms with E-state index in [1.54, 1.807) is 0 Å². The molecular weight excluding hydrogens is 271 g/mol. The van der Waals surface area contributed by atoms with E-state index in [0.29, 0.717) is 0 Å². The third kappa shape index (κ3) is 2.39. The molecular formula is C10H7F5N4. The van der Waals surface area contributed by atoms with Crippen LogP contribution in [0, 0.1) is 23.5 Å². The molecule has 0 atom stereocenters. The zero-order valence-electron chi connectivity index (χ0n) is 9.17. The van der Waals surface area contributed by atoms with Gasteiger partial charge in [0.25, 0.3) is 29.2 Å². The lowest BCUT2D eigenvalue weighted by Crippen LogP contribution is -3.00. The van der Waals surface area contributed by atoms with Gasteiger partial charge < -0.3 is 16.2 Å². The maximum absolute atomic E-state index is 13.4. The Morgan fingerprint density at radius 3 is 1.95 bits per heavy atom. The topological polar surface area (TPSA) is 68.8 Å². The highest BCUT2D eigenvalue weighted by Gasteiger charge is 2.28. The second-order valence-electron chi connectivity index (χ2n) is 3.43. The molecule has 0 aliphatic carbocycles. The van der Waals surface area contributed by atoms with E-state index in [-0.39, 0.29) is 16.1 Å². The summed E-state index contributed by atoms with van der Waals surface area (Å²) in [6, 6.07) is 1.24. The maximum Gasteiger partial charge on any atom is 0.292 e. The molecule has 102 valence electrons. The normalized spacial score (nSPS) is 10.1. The lowest BCUT2D eigenvalue weighted by molar-refractivity contribution is -0.599. The van der Waals surface area contributed by atoms with E-state index in [2.05, 4.69) is 4.98 Å². The first-order valence-corrected chi connectivity index (χ1v) is 4.68. The molecule has 2 heterocycles. The molecule has 2 aromatic rings. The van der Waals surface area contributed by atoms with Crippen LogP contribution in [-0.4, -0.2) is 4.98 Å².